The molecular formula is C19H27N5O4S. The zero-order chi connectivity index (χ0) is 21.0. The van der Waals surface area contributed by atoms with Crippen molar-refractivity contribution in [3.63, 3.8) is 0 Å². The molecule has 0 unspecified atom stereocenters. The Morgan fingerprint density at radius 2 is 1.90 bits per heavy atom. The number of benzene rings is 1. The monoisotopic (exact) mass is 421 g/mol. The van der Waals surface area contributed by atoms with Crippen molar-refractivity contribution >= 4 is 38.9 Å². The van der Waals surface area contributed by atoms with Gasteiger partial charge >= 0.3 is 0 Å². The average Bonchev–Trinajstić information content (AvgIpc) is 3.23. The number of hydrogen-bond donors (Lipinski definition) is 2. The van der Waals surface area contributed by atoms with Crippen molar-refractivity contribution in [2.75, 3.05) is 36.4 Å². The first kappa shape index (κ1) is 21.3. The Bertz CT molecular complexity index is 919. The van der Waals surface area contributed by atoms with Gasteiger partial charge in [-0.3, -0.25) is 9.59 Å². The predicted octanol–water partition coefficient (Wildman–Crippen LogP) is 1.52. The predicted molar refractivity (Wildman–Crippen MR) is 111 cm³/mol. The molecule has 1 fully saturated rings. The Morgan fingerprint density at radius 1 is 1.21 bits per heavy atom. The van der Waals surface area contributed by atoms with Gasteiger partial charge in [0.25, 0.3) is 5.91 Å². The summed E-state index contributed by atoms with van der Waals surface area (Å²) in [7, 11) is -3.66. The maximum Gasteiger partial charge on any atom is 0.271 e. The molecule has 2 amide bonds. The van der Waals surface area contributed by atoms with E-state index in [1.165, 1.54) is 10.4 Å². The number of anilines is 2. The highest BCUT2D eigenvalue weighted by Crippen LogP contribution is 2.32. The van der Waals surface area contributed by atoms with Crippen molar-refractivity contribution in [3.05, 3.63) is 18.2 Å². The lowest BCUT2D eigenvalue weighted by Gasteiger charge is -2.24. The Labute approximate surface area is 171 Å². The van der Waals surface area contributed by atoms with E-state index in [9.17, 15) is 18.0 Å². The van der Waals surface area contributed by atoms with Crippen LogP contribution in [0.3, 0.4) is 0 Å². The van der Waals surface area contributed by atoms with Gasteiger partial charge in [0.1, 0.15) is 5.71 Å². The summed E-state index contributed by atoms with van der Waals surface area (Å²) in [4.78, 5) is 26.2. The molecule has 2 heterocycles. The first-order valence-electron chi connectivity index (χ1n) is 9.92. The minimum Gasteiger partial charge on any atom is -0.370 e. The molecule has 0 aromatic heterocycles. The molecule has 1 aromatic rings. The van der Waals surface area contributed by atoms with Crippen LogP contribution in [0.1, 0.15) is 39.5 Å². The Hall–Kier alpha value is -2.46. The highest BCUT2D eigenvalue weighted by atomic mass is 32.2. The summed E-state index contributed by atoms with van der Waals surface area (Å²) < 4.78 is 27.2. The highest BCUT2D eigenvalue weighted by Gasteiger charge is 2.26. The van der Waals surface area contributed by atoms with Crippen LogP contribution in [0.4, 0.5) is 11.4 Å². The largest absolute Gasteiger partial charge is 0.370 e. The second-order valence-electron chi connectivity index (χ2n) is 7.01. The molecule has 0 radical (unpaired) electrons. The summed E-state index contributed by atoms with van der Waals surface area (Å²) in [5.41, 5.74) is 3.75. The van der Waals surface area contributed by atoms with Crippen LogP contribution in [0.2, 0.25) is 0 Å². The summed E-state index contributed by atoms with van der Waals surface area (Å²) in [6.45, 7) is 6.01. The molecule has 0 spiro atoms. The van der Waals surface area contributed by atoms with E-state index >= 15 is 0 Å². The van der Waals surface area contributed by atoms with Gasteiger partial charge in [-0.1, -0.05) is 13.8 Å². The molecule has 29 heavy (non-hydrogen) atoms. The lowest BCUT2D eigenvalue weighted by Crippen LogP contribution is -2.33. The maximum absolute atomic E-state index is 12.9. The third kappa shape index (κ3) is 4.59. The second kappa shape index (κ2) is 8.91. The number of nitrogens with zero attached hydrogens (tertiary/aromatic N) is 3. The minimum atomic E-state index is -3.66. The van der Waals surface area contributed by atoms with Crippen LogP contribution in [0.5, 0.6) is 0 Å². The fraction of sp³-hybridized carbons (Fsp3) is 0.526. The summed E-state index contributed by atoms with van der Waals surface area (Å²) in [5.74, 6) is -0.672. The lowest BCUT2D eigenvalue weighted by atomic mass is 10.1. The van der Waals surface area contributed by atoms with Crippen molar-refractivity contribution < 1.29 is 18.0 Å². The number of carbonyl (C=O) groups excluding carboxylic acids is 2. The van der Waals surface area contributed by atoms with Crippen LogP contribution in [0.15, 0.2) is 28.2 Å². The molecular weight excluding hydrogens is 394 g/mol. The second-order valence-corrected chi connectivity index (χ2v) is 8.95. The summed E-state index contributed by atoms with van der Waals surface area (Å²) in [6.07, 6.45) is 2.53. The summed E-state index contributed by atoms with van der Waals surface area (Å²) >= 11 is 0. The molecule has 2 N–H and O–H groups in total. The van der Waals surface area contributed by atoms with Crippen molar-refractivity contribution in [1.29, 1.82) is 0 Å². The molecule has 0 aliphatic carbocycles. The van der Waals surface area contributed by atoms with Crippen LogP contribution in [0.25, 0.3) is 0 Å². The Balaban J connectivity index is 1.95. The van der Waals surface area contributed by atoms with Gasteiger partial charge in [-0.05, 0) is 31.0 Å². The van der Waals surface area contributed by atoms with E-state index in [1.54, 1.807) is 26.0 Å². The van der Waals surface area contributed by atoms with Crippen LogP contribution in [-0.2, 0) is 19.6 Å². The molecule has 1 aromatic carbocycles. The Morgan fingerprint density at radius 3 is 2.48 bits per heavy atom. The van der Waals surface area contributed by atoms with Gasteiger partial charge in [-0.25, -0.2) is 13.8 Å². The van der Waals surface area contributed by atoms with Gasteiger partial charge in [0.05, 0.1) is 16.3 Å². The quantitative estimate of drug-likeness (QED) is 0.693. The number of sulfonamides is 1. The SMILES string of the molecule is CCN(CC)S(=O)(=O)c1ccc(N2CCCC2)c(NC(=O)C2=NNC(=O)CC2)c1. The highest BCUT2D eigenvalue weighted by molar-refractivity contribution is 7.89. The van der Waals surface area contributed by atoms with Crippen LogP contribution in [-0.4, -0.2) is 56.4 Å². The summed E-state index contributed by atoms with van der Waals surface area (Å²) in [6, 6.07) is 4.86. The number of rotatable bonds is 7. The third-order valence-corrected chi connectivity index (χ3v) is 7.22. The van der Waals surface area contributed by atoms with Crippen molar-refractivity contribution in [2.24, 2.45) is 5.10 Å². The zero-order valence-electron chi connectivity index (χ0n) is 16.8. The molecule has 2 aliphatic rings. The van der Waals surface area contributed by atoms with Gasteiger partial charge in [0.15, 0.2) is 0 Å². The molecule has 3 rings (SSSR count). The number of carbonyl (C=O) groups is 2. The van der Waals surface area contributed by atoms with E-state index in [0.717, 1.165) is 31.6 Å². The van der Waals surface area contributed by atoms with Crippen LogP contribution in [0, 0.1) is 0 Å². The van der Waals surface area contributed by atoms with E-state index in [0.29, 0.717) is 18.8 Å². The fourth-order valence-electron chi connectivity index (χ4n) is 3.55. The molecule has 0 atom stereocenters. The zero-order valence-corrected chi connectivity index (χ0v) is 17.6. The number of nitrogens with one attached hydrogen (secondary N) is 2. The molecule has 9 nitrogen and oxygen atoms in total. The maximum atomic E-state index is 12.9. The van der Waals surface area contributed by atoms with Crippen LogP contribution < -0.4 is 15.6 Å². The Kier molecular flexibility index (Phi) is 6.53. The number of hydrogen-bond acceptors (Lipinski definition) is 6. The standard InChI is InChI=1S/C19H27N5O4S/c1-3-24(4-2)29(27,28)14-7-9-17(23-11-5-6-12-23)16(13-14)20-19(26)15-8-10-18(25)22-21-15/h7,9,13H,3-6,8,10-12H2,1-2H3,(H,20,26)(H,22,25). The molecule has 1 saturated heterocycles. The van der Waals surface area contributed by atoms with E-state index in [1.807, 2.05) is 0 Å². The normalized spacial score (nSPS) is 17.3. The fourth-order valence-corrected chi connectivity index (χ4v) is 5.04. The number of hydrazone groups is 1. The van der Waals surface area contributed by atoms with E-state index < -0.39 is 15.9 Å². The van der Waals surface area contributed by atoms with Crippen molar-refractivity contribution in [2.45, 2.75) is 44.4 Å². The van der Waals surface area contributed by atoms with Gasteiger partial charge in [0.2, 0.25) is 15.9 Å². The van der Waals surface area contributed by atoms with E-state index in [4.69, 9.17) is 0 Å². The van der Waals surface area contributed by atoms with Gasteiger partial charge in [-0.2, -0.15) is 9.41 Å². The smallest absolute Gasteiger partial charge is 0.271 e. The number of amides is 2. The molecule has 158 valence electrons. The molecule has 2 aliphatic heterocycles. The minimum absolute atomic E-state index is 0.137. The van der Waals surface area contributed by atoms with Gasteiger partial charge in [-0.15, -0.1) is 0 Å². The topological polar surface area (TPSA) is 111 Å². The van der Waals surface area contributed by atoms with E-state index in [2.05, 4.69) is 20.7 Å². The molecule has 10 heteroatoms. The van der Waals surface area contributed by atoms with Crippen LogP contribution >= 0.6 is 0 Å². The van der Waals surface area contributed by atoms with E-state index in [-0.39, 0.29) is 29.4 Å². The third-order valence-electron chi connectivity index (χ3n) is 5.17. The first-order chi connectivity index (χ1) is 13.9. The lowest BCUT2D eigenvalue weighted by molar-refractivity contribution is -0.121. The molecule has 0 saturated carbocycles. The van der Waals surface area contributed by atoms with Gasteiger partial charge in [0, 0.05) is 39.0 Å². The average molecular weight is 422 g/mol. The van der Waals surface area contributed by atoms with Crippen molar-refractivity contribution in [1.82, 2.24) is 9.73 Å². The summed E-state index contributed by atoms with van der Waals surface area (Å²) in [5, 5.41) is 6.64. The van der Waals surface area contributed by atoms with Gasteiger partial charge < -0.3 is 10.2 Å². The first-order valence-corrected chi connectivity index (χ1v) is 11.4. The molecule has 0 bridgehead atoms. The van der Waals surface area contributed by atoms with Crippen molar-refractivity contribution in [3.8, 4) is 0 Å².